The van der Waals surface area contributed by atoms with E-state index in [1.165, 1.54) is 0 Å². The zero-order valence-corrected chi connectivity index (χ0v) is 13.3. The molecule has 0 unspecified atom stereocenters. The van der Waals surface area contributed by atoms with Crippen LogP contribution < -0.4 is 5.73 Å². The molecule has 0 aliphatic rings. The van der Waals surface area contributed by atoms with Gasteiger partial charge in [0.15, 0.2) is 0 Å². The van der Waals surface area contributed by atoms with Crippen LogP contribution in [0.2, 0.25) is 5.15 Å². The lowest BCUT2D eigenvalue weighted by molar-refractivity contribution is 0.597. The van der Waals surface area contributed by atoms with E-state index in [1.807, 2.05) is 18.2 Å². The third kappa shape index (κ3) is 2.41. The molecule has 4 nitrogen and oxygen atoms in total. The molecule has 114 valence electrons. The van der Waals surface area contributed by atoms with Gasteiger partial charge in [0.1, 0.15) is 10.0 Å². The van der Waals surface area contributed by atoms with E-state index >= 15 is 0 Å². The first-order valence-corrected chi connectivity index (χ1v) is 8.71. The van der Waals surface area contributed by atoms with Gasteiger partial charge in [-0.3, -0.25) is 0 Å². The number of fused-ring (bicyclic) bond motifs is 1. The van der Waals surface area contributed by atoms with E-state index in [1.54, 1.807) is 30.3 Å². The first-order valence-electron chi connectivity index (χ1n) is 6.85. The highest BCUT2D eigenvalue weighted by atomic mass is 35.5. The monoisotopic (exact) mass is 334 g/mol. The number of nitrogens with one attached hydrogen (secondary N) is 1. The predicted molar refractivity (Wildman–Crippen MR) is 88.0 cm³/mol. The van der Waals surface area contributed by atoms with E-state index in [0.29, 0.717) is 23.9 Å². The van der Waals surface area contributed by atoms with Crippen LogP contribution in [-0.2, 0) is 16.3 Å². The van der Waals surface area contributed by atoms with Gasteiger partial charge in [0, 0.05) is 10.9 Å². The first-order chi connectivity index (χ1) is 10.6. The van der Waals surface area contributed by atoms with E-state index in [9.17, 15) is 8.42 Å². The molecule has 3 aromatic rings. The highest BCUT2D eigenvalue weighted by Crippen LogP contribution is 2.36. The number of benzene rings is 2. The summed E-state index contributed by atoms with van der Waals surface area (Å²) in [6.45, 7) is 0.437. The quantitative estimate of drug-likeness (QED) is 0.769. The smallest absolute Gasteiger partial charge is 0.210 e. The highest BCUT2D eigenvalue weighted by molar-refractivity contribution is 7.91. The molecule has 0 amide bonds. The van der Waals surface area contributed by atoms with Gasteiger partial charge >= 0.3 is 0 Å². The second kappa shape index (κ2) is 5.76. The van der Waals surface area contributed by atoms with Crippen molar-refractivity contribution in [2.45, 2.75) is 16.2 Å². The summed E-state index contributed by atoms with van der Waals surface area (Å²) in [4.78, 5) is 3.29. The Kier molecular flexibility index (Phi) is 3.95. The molecule has 3 rings (SSSR count). The van der Waals surface area contributed by atoms with Crippen molar-refractivity contribution in [2.75, 3.05) is 6.54 Å². The minimum absolute atomic E-state index is 0.124. The Morgan fingerprint density at radius 3 is 2.45 bits per heavy atom. The zero-order chi connectivity index (χ0) is 15.7. The SMILES string of the molecule is NCCc1cccc2[nH]c(Cl)c(S(=O)(=O)c3ccccc3)c12. The van der Waals surface area contributed by atoms with E-state index in [4.69, 9.17) is 17.3 Å². The number of aromatic nitrogens is 1. The van der Waals surface area contributed by atoms with E-state index in [0.717, 1.165) is 5.56 Å². The van der Waals surface area contributed by atoms with Crippen LogP contribution in [0.5, 0.6) is 0 Å². The molecule has 1 aromatic heterocycles. The summed E-state index contributed by atoms with van der Waals surface area (Å²) in [5.74, 6) is 0. The lowest BCUT2D eigenvalue weighted by Crippen LogP contribution is -2.06. The van der Waals surface area contributed by atoms with Crippen molar-refractivity contribution in [3.05, 3.63) is 59.2 Å². The Hall–Kier alpha value is -1.82. The molecule has 0 atom stereocenters. The molecule has 0 saturated heterocycles. The van der Waals surface area contributed by atoms with Crippen LogP contribution in [0.15, 0.2) is 58.3 Å². The van der Waals surface area contributed by atoms with Gasteiger partial charge in [-0.05, 0) is 36.7 Å². The van der Waals surface area contributed by atoms with Crippen LogP contribution in [0.4, 0.5) is 0 Å². The lowest BCUT2D eigenvalue weighted by Gasteiger charge is -2.07. The van der Waals surface area contributed by atoms with Crippen LogP contribution >= 0.6 is 11.6 Å². The topological polar surface area (TPSA) is 76.0 Å². The molecule has 3 N–H and O–H groups in total. The van der Waals surface area contributed by atoms with Crippen LogP contribution in [0.1, 0.15) is 5.56 Å². The average Bonchev–Trinajstić information content (AvgIpc) is 2.86. The number of H-pyrrole nitrogens is 1. The summed E-state index contributed by atoms with van der Waals surface area (Å²) in [6.07, 6.45) is 0.586. The molecule has 0 spiro atoms. The number of sulfone groups is 1. The molecule has 0 aliphatic carbocycles. The molecular weight excluding hydrogens is 320 g/mol. The van der Waals surface area contributed by atoms with Crippen molar-refractivity contribution in [2.24, 2.45) is 5.73 Å². The van der Waals surface area contributed by atoms with Crippen molar-refractivity contribution < 1.29 is 8.42 Å². The normalized spacial score (nSPS) is 11.9. The van der Waals surface area contributed by atoms with E-state index in [2.05, 4.69) is 4.98 Å². The number of hydrogen-bond acceptors (Lipinski definition) is 3. The van der Waals surface area contributed by atoms with Gasteiger partial charge < -0.3 is 10.7 Å². The fraction of sp³-hybridized carbons (Fsp3) is 0.125. The van der Waals surface area contributed by atoms with Gasteiger partial charge in [0.25, 0.3) is 0 Å². The highest BCUT2D eigenvalue weighted by Gasteiger charge is 2.26. The van der Waals surface area contributed by atoms with Gasteiger partial charge in [-0.25, -0.2) is 8.42 Å². The molecule has 2 aromatic carbocycles. The number of hydrogen-bond donors (Lipinski definition) is 2. The largest absolute Gasteiger partial charge is 0.344 e. The van der Waals surface area contributed by atoms with E-state index in [-0.39, 0.29) is 14.9 Å². The molecule has 0 saturated carbocycles. The van der Waals surface area contributed by atoms with Gasteiger partial charge in [-0.15, -0.1) is 0 Å². The average molecular weight is 335 g/mol. The maximum absolute atomic E-state index is 13.0. The van der Waals surface area contributed by atoms with Crippen LogP contribution in [-0.4, -0.2) is 19.9 Å². The summed E-state index contributed by atoms with van der Waals surface area (Å²) in [6, 6.07) is 13.8. The van der Waals surface area contributed by atoms with Crippen molar-refractivity contribution in [3.63, 3.8) is 0 Å². The molecule has 6 heteroatoms. The van der Waals surface area contributed by atoms with Gasteiger partial charge in [-0.1, -0.05) is 41.9 Å². The minimum atomic E-state index is -3.70. The van der Waals surface area contributed by atoms with Crippen molar-refractivity contribution in [1.29, 1.82) is 0 Å². The Balaban J connectivity index is 2.34. The van der Waals surface area contributed by atoms with Crippen LogP contribution in [0.3, 0.4) is 0 Å². The molecule has 0 fully saturated rings. The summed E-state index contributed by atoms with van der Waals surface area (Å²) in [5, 5.41) is 0.755. The van der Waals surface area contributed by atoms with Crippen LogP contribution in [0.25, 0.3) is 10.9 Å². The Morgan fingerprint density at radius 2 is 1.77 bits per heavy atom. The maximum Gasteiger partial charge on any atom is 0.210 e. The summed E-state index contributed by atoms with van der Waals surface area (Å²) in [7, 11) is -3.70. The molecule has 0 aliphatic heterocycles. The predicted octanol–water partition coefficient (Wildman–Crippen LogP) is 3.16. The Morgan fingerprint density at radius 1 is 1.05 bits per heavy atom. The van der Waals surface area contributed by atoms with E-state index < -0.39 is 9.84 Å². The van der Waals surface area contributed by atoms with Gasteiger partial charge in [0.2, 0.25) is 9.84 Å². The molecule has 22 heavy (non-hydrogen) atoms. The fourth-order valence-electron chi connectivity index (χ4n) is 2.59. The third-order valence-corrected chi connectivity index (χ3v) is 5.79. The lowest BCUT2D eigenvalue weighted by atomic mass is 10.1. The third-order valence-electron chi connectivity index (χ3n) is 3.56. The second-order valence-electron chi connectivity index (χ2n) is 4.96. The first kappa shape index (κ1) is 15.1. The summed E-state index contributed by atoms with van der Waals surface area (Å²) >= 11 is 6.21. The molecule has 1 heterocycles. The maximum atomic E-state index is 13.0. The summed E-state index contributed by atoms with van der Waals surface area (Å²) < 4.78 is 25.9. The zero-order valence-electron chi connectivity index (χ0n) is 11.7. The fourth-order valence-corrected chi connectivity index (χ4v) is 4.64. The van der Waals surface area contributed by atoms with Crippen molar-refractivity contribution in [3.8, 4) is 0 Å². The molecular formula is C16H15ClN2O2S. The minimum Gasteiger partial charge on any atom is -0.344 e. The van der Waals surface area contributed by atoms with Crippen LogP contribution in [0, 0.1) is 0 Å². The van der Waals surface area contributed by atoms with Gasteiger partial charge in [0.05, 0.1) is 4.90 Å². The Bertz CT molecular complexity index is 918. The number of halogens is 1. The van der Waals surface area contributed by atoms with Crippen molar-refractivity contribution in [1.82, 2.24) is 4.98 Å². The second-order valence-corrected chi connectivity index (χ2v) is 7.23. The number of rotatable bonds is 4. The standard InChI is InChI=1S/C16H15ClN2O2S/c17-16-15(22(20,21)12-6-2-1-3-7-12)14-11(9-10-18)5-4-8-13(14)19-16/h1-8,19H,9-10,18H2. The molecule has 0 bridgehead atoms. The number of aromatic amines is 1. The molecule has 0 radical (unpaired) electrons. The number of nitrogens with two attached hydrogens (primary N) is 1. The Labute approximate surface area is 133 Å². The summed E-state index contributed by atoms with van der Waals surface area (Å²) in [5.41, 5.74) is 7.21. The van der Waals surface area contributed by atoms with Gasteiger partial charge in [-0.2, -0.15) is 0 Å². The van der Waals surface area contributed by atoms with Crippen molar-refractivity contribution >= 4 is 32.3 Å².